The molecule has 1 saturated heterocycles. The van der Waals surface area contributed by atoms with Gasteiger partial charge in [-0.25, -0.2) is 0 Å². The second-order valence-electron chi connectivity index (χ2n) is 9.44. The average molecular weight is 473 g/mol. The van der Waals surface area contributed by atoms with E-state index >= 15 is 0 Å². The normalized spacial score (nSPS) is 16.1. The molecular formula is C28H32N4O3. The predicted octanol–water partition coefficient (Wildman–Crippen LogP) is 4.07. The monoisotopic (exact) mass is 472 g/mol. The number of rotatable bonds is 7. The van der Waals surface area contributed by atoms with Crippen molar-refractivity contribution < 1.29 is 14.4 Å². The summed E-state index contributed by atoms with van der Waals surface area (Å²) in [6, 6.07) is 17.0. The molecule has 1 atom stereocenters. The minimum atomic E-state index is -1.15. The van der Waals surface area contributed by atoms with Crippen molar-refractivity contribution in [2.24, 2.45) is 0 Å². The second-order valence-corrected chi connectivity index (χ2v) is 9.44. The third-order valence-electron chi connectivity index (χ3n) is 6.72. The van der Waals surface area contributed by atoms with Gasteiger partial charge in [0.05, 0.1) is 0 Å². The van der Waals surface area contributed by atoms with Crippen molar-refractivity contribution in [2.45, 2.75) is 51.7 Å². The number of carbonyl (C=O) groups excluding carboxylic acids is 3. The molecule has 1 aliphatic heterocycles. The zero-order chi connectivity index (χ0) is 25.0. The van der Waals surface area contributed by atoms with Crippen molar-refractivity contribution in [3.63, 3.8) is 0 Å². The first kappa shape index (κ1) is 24.3. The fourth-order valence-electron chi connectivity index (χ4n) is 4.64. The number of aromatic nitrogens is 1. The van der Waals surface area contributed by atoms with Crippen LogP contribution in [0.25, 0.3) is 17.0 Å². The maximum atomic E-state index is 13.8. The number of likely N-dealkylation sites (tertiary alicyclic amines) is 1. The van der Waals surface area contributed by atoms with E-state index in [1.54, 1.807) is 29.8 Å². The van der Waals surface area contributed by atoms with Gasteiger partial charge in [-0.3, -0.25) is 14.4 Å². The number of hydrogen-bond donors (Lipinski definition) is 2. The van der Waals surface area contributed by atoms with Gasteiger partial charge in [-0.15, -0.1) is 0 Å². The Morgan fingerprint density at radius 1 is 1.11 bits per heavy atom. The van der Waals surface area contributed by atoms with Crippen LogP contribution in [0.4, 0.5) is 0 Å². The lowest BCUT2D eigenvalue weighted by Gasteiger charge is -2.40. The summed E-state index contributed by atoms with van der Waals surface area (Å²) < 4.78 is 0. The van der Waals surface area contributed by atoms with Crippen LogP contribution in [-0.4, -0.2) is 50.6 Å². The number of hydrogen-bond acceptors (Lipinski definition) is 3. The lowest BCUT2D eigenvalue weighted by Crippen LogP contribution is -2.59. The lowest BCUT2D eigenvalue weighted by molar-refractivity contribution is -0.152. The van der Waals surface area contributed by atoms with Gasteiger partial charge in [0, 0.05) is 48.9 Å². The minimum Gasteiger partial charge on any atom is -0.361 e. The summed E-state index contributed by atoms with van der Waals surface area (Å²) >= 11 is 0. The molecule has 1 aliphatic rings. The van der Waals surface area contributed by atoms with Gasteiger partial charge in [-0.1, -0.05) is 48.5 Å². The molecule has 3 aromatic rings. The van der Waals surface area contributed by atoms with Crippen LogP contribution >= 0.6 is 0 Å². The van der Waals surface area contributed by atoms with E-state index in [1.807, 2.05) is 66.9 Å². The number of H-pyrrole nitrogens is 1. The Balaban J connectivity index is 1.56. The smallest absolute Gasteiger partial charge is 0.249 e. The second kappa shape index (κ2) is 10.2. The van der Waals surface area contributed by atoms with E-state index in [-0.39, 0.29) is 24.3 Å². The first-order chi connectivity index (χ1) is 16.8. The third-order valence-corrected chi connectivity index (χ3v) is 6.72. The Bertz CT molecular complexity index is 1250. The SMILES string of the molecule is CC(=O)N1CCCC1C(=O)N(Cc1ccccc1)C(C)(C)C(=O)NC=Cc1c[nH]c2ccccc12. The number of carbonyl (C=O) groups is 3. The van der Waals surface area contributed by atoms with E-state index in [0.29, 0.717) is 13.0 Å². The van der Waals surface area contributed by atoms with Gasteiger partial charge in [-0.05, 0) is 44.4 Å². The van der Waals surface area contributed by atoms with Gasteiger partial charge in [0.25, 0.3) is 0 Å². The number of fused-ring (bicyclic) bond motifs is 1. The van der Waals surface area contributed by atoms with E-state index in [2.05, 4.69) is 10.3 Å². The van der Waals surface area contributed by atoms with Crippen LogP contribution in [0.2, 0.25) is 0 Å². The number of para-hydroxylation sites is 1. The highest BCUT2D eigenvalue weighted by Crippen LogP contribution is 2.26. The molecule has 0 radical (unpaired) electrons. The molecule has 2 N–H and O–H groups in total. The van der Waals surface area contributed by atoms with E-state index in [4.69, 9.17) is 0 Å². The fourth-order valence-corrected chi connectivity index (χ4v) is 4.64. The highest BCUT2D eigenvalue weighted by atomic mass is 16.2. The Morgan fingerprint density at radius 2 is 1.83 bits per heavy atom. The van der Waals surface area contributed by atoms with Crippen LogP contribution in [0, 0.1) is 0 Å². The van der Waals surface area contributed by atoms with E-state index in [1.165, 1.54) is 6.92 Å². The first-order valence-electron chi connectivity index (χ1n) is 12.0. The third kappa shape index (κ3) is 5.14. The lowest BCUT2D eigenvalue weighted by atomic mass is 9.98. The van der Waals surface area contributed by atoms with Gasteiger partial charge in [0.15, 0.2) is 0 Å². The van der Waals surface area contributed by atoms with Crippen LogP contribution in [0.15, 0.2) is 67.0 Å². The quantitative estimate of drug-likeness (QED) is 0.544. The fraction of sp³-hybridized carbons (Fsp3) is 0.321. The maximum Gasteiger partial charge on any atom is 0.249 e. The van der Waals surface area contributed by atoms with Crippen LogP contribution in [0.5, 0.6) is 0 Å². The summed E-state index contributed by atoms with van der Waals surface area (Å²) in [4.78, 5) is 45.7. The summed E-state index contributed by atoms with van der Waals surface area (Å²) in [7, 11) is 0. The topological polar surface area (TPSA) is 85.5 Å². The summed E-state index contributed by atoms with van der Waals surface area (Å²) in [5.74, 6) is -0.628. The molecule has 7 heteroatoms. The van der Waals surface area contributed by atoms with Gasteiger partial charge >= 0.3 is 0 Å². The molecular weight excluding hydrogens is 440 g/mol. The molecule has 7 nitrogen and oxygen atoms in total. The summed E-state index contributed by atoms with van der Waals surface area (Å²) in [5.41, 5.74) is 1.75. The Morgan fingerprint density at radius 3 is 2.57 bits per heavy atom. The Kier molecular flexibility index (Phi) is 7.05. The van der Waals surface area contributed by atoms with E-state index < -0.39 is 11.6 Å². The van der Waals surface area contributed by atoms with Gasteiger partial charge in [0.1, 0.15) is 11.6 Å². The van der Waals surface area contributed by atoms with Crippen LogP contribution in [-0.2, 0) is 20.9 Å². The molecule has 2 heterocycles. The van der Waals surface area contributed by atoms with Crippen LogP contribution in [0.3, 0.4) is 0 Å². The van der Waals surface area contributed by atoms with Gasteiger partial charge in [0.2, 0.25) is 17.7 Å². The number of aromatic amines is 1. The molecule has 2 aromatic carbocycles. The molecule has 3 amide bonds. The summed E-state index contributed by atoms with van der Waals surface area (Å²) in [6.07, 6.45) is 6.71. The number of nitrogens with zero attached hydrogens (tertiary/aromatic N) is 2. The number of nitrogens with one attached hydrogen (secondary N) is 2. The maximum absolute atomic E-state index is 13.8. The standard InChI is InChI=1S/C28H32N4O3/c1-20(33)31-17-9-14-25(31)26(34)32(19-21-10-5-4-6-11-21)28(2,3)27(35)29-16-15-22-18-30-24-13-8-7-12-23(22)24/h4-8,10-13,15-16,18,25,30H,9,14,17,19H2,1-3H3,(H,29,35). The average Bonchev–Trinajstić information content (AvgIpc) is 3.50. The minimum absolute atomic E-state index is 0.121. The van der Waals surface area contributed by atoms with Crippen molar-refractivity contribution >= 4 is 34.7 Å². The van der Waals surface area contributed by atoms with Crippen LogP contribution in [0.1, 0.15) is 44.7 Å². The highest BCUT2D eigenvalue weighted by Gasteiger charge is 2.43. The Labute approximate surface area is 205 Å². The highest BCUT2D eigenvalue weighted by molar-refractivity contribution is 5.95. The molecule has 1 aromatic heterocycles. The summed E-state index contributed by atoms with van der Waals surface area (Å²) in [6.45, 7) is 5.81. The zero-order valence-electron chi connectivity index (χ0n) is 20.5. The molecule has 4 rings (SSSR count). The van der Waals surface area contributed by atoms with Crippen molar-refractivity contribution in [1.29, 1.82) is 0 Å². The van der Waals surface area contributed by atoms with Crippen molar-refractivity contribution in [3.05, 3.63) is 78.1 Å². The Hall–Kier alpha value is -3.87. The van der Waals surface area contributed by atoms with Crippen LogP contribution < -0.4 is 5.32 Å². The summed E-state index contributed by atoms with van der Waals surface area (Å²) in [5, 5.41) is 3.92. The molecule has 1 unspecified atom stereocenters. The first-order valence-corrected chi connectivity index (χ1v) is 12.0. The molecule has 0 bridgehead atoms. The van der Waals surface area contributed by atoms with E-state index in [0.717, 1.165) is 28.5 Å². The largest absolute Gasteiger partial charge is 0.361 e. The van der Waals surface area contributed by atoms with Crippen molar-refractivity contribution in [2.75, 3.05) is 6.54 Å². The molecule has 1 fully saturated rings. The van der Waals surface area contributed by atoms with Crippen molar-refractivity contribution in [1.82, 2.24) is 20.1 Å². The van der Waals surface area contributed by atoms with E-state index in [9.17, 15) is 14.4 Å². The van der Waals surface area contributed by atoms with Crippen molar-refractivity contribution in [3.8, 4) is 0 Å². The number of amides is 3. The van der Waals surface area contributed by atoms with Gasteiger partial charge < -0.3 is 20.1 Å². The zero-order valence-corrected chi connectivity index (χ0v) is 20.5. The molecule has 0 saturated carbocycles. The number of benzene rings is 2. The molecule has 0 aliphatic carbocycles. The predicted molar refractivity (Wildman–Crippen MR) is 137 cm³/mol. The molecule has 35 heavy (non-hydrogen) atoms. The molecule has 0 spiro atoms. The molecule has 182 valence electrons. The van der Waals surface area contributed by atoms with Gasteiger partial charge in [-0.2, -0.15) is 0 Å².